The first-order valence-electron chi connectivity index (χ1n) is 9.99. The molecule has 1 aliphatic carbocycles. The molecule has 1 aromatic carbocycles. The van der Waals surface area contributed by atoms with E-state index >= 15 is 0 Å². The van der Waals surface area contributed by atoms with Gasteiger partial charge in [-0.1, -0.05) is 19.1 Å². The fourth-order valence-corrected chi connectivity index (χ4v) is 4.80. The maximum absolute atomic E-state index is 12.7. The van der Waals surface area contributed by atoms with E-state index < -0.39 is 17.4 Å². The fraction of sp³-hybridized carbons (Fsp3) is 0.714. The summed E-state index contributed by atoms with van der Waals surface area (Å²) in [6.45, 7) is 8.45. The van der Waals surface area contributed by atoms with Gasteiger partial charge in [-0.05, 0) is 50.9 Å². The van der Waals surface area contributed by atoms with Crippen LogP contribution in [-0.2, 0) is 0 Å². The summed E-state index contributed by atoms with van der Waals surface area (Å²) >= 11 is 0. The molecule has 3 atom stereocenters. The third-order valence-corrected chi connectivity index (χ3v) is 6.89. The van der Waals surface area contributed by atoms with Gasteiger partial charge in [-0.15, -0.1) is 13.2 Å². The Morgan fingerprint density at radius 2 is 1.82 bits per heavy atom. The van der Waals surface area contributed by atoms with Crippen molar-refractivity contribution in [2.75, 3.05) is 39.8 Å². The van der Waals surface area contributed by atoms with Crippen LogP contribution in [0.15, 0.2) is 24.3 Å². The molecule has 1 aromatic rings. The van der Waals surface area contributed by atoms with Gasteiger partial charge in [-0.3, -0.25) is 0 Å². The number of rotatable bonds is 5. The maximum Gasteiger partial charge on any atom is 0.573 e. The minimum absolute atomic E-state index is 0.0785. The van der Waals surface area contributed by atoms with E-state index in [1.807, 2.05) is 13.0 Å². The number of aliphatic hydroxyl groups is 1. The Labute approximate surface area is 165 Å². The molecular weight excluding hydrogens is 369 g/mol. The Morgan fingerprint density at radius 1 is 1.14 bits per heavy atom. The van der Waals surface area contributed by atoms with Gasteiger partial charge in [0.05, 0.1) is 5.60 Å². The molecule has 1 aliphatic heterocycles. The highest BCUT2D eigenvalue weighted by atomic mass is 19.4. The van der Waals surface area contributed by atoms with Crippen LogP contribution in [0, 0.1) is 5.41 Å². The summed E-state index contributed by atoms with van der Waals surface area (Å²) in [6.07, 6.45) is -2.24. The summed E-state index contributed by atoms with van der Waals surface area (Å²) in [5.74, 6) is -0.278. The highest BCUT2D eigenvalue weighted by Gasteiger charge is 2.52. The van der Waals surface area contributed by atoms with Gasteiger partial charge in [-0.25, -0.2) is 0 Å². The van der Waals surface area contributed by atoms with Crippen molar-refractivity contribution >= 4 is 0 Å². The summed E-state index contributed by atoms with van der Waals surface area (Å²) in [5.41, 5.74) is -0.469. The minimum Gasteiger partial charge on any atom is -0.406 e. The van der Waals surface area contributed by atoms with E-state index in [4.69, 9.17) is 0 Å². The van der Waals surface area contributed by atoms with Gasteiger partial charge >= 0.3 is 6.36 Å². The Bertz CT molecular complexity index is 672. The van der Waals surface area contributed by atoms with E-state index in [1.165, 1.54) is 12.1 Å². The molecule has 7 heteroatoms. The predicted octanol–water partition coefficient (Wildman–Crippen LogP) is 3.86. The van der Waals surface area contributed by atoms with E-state index in [1.54, 1.807) is 6.07 Å². The Hall–Kier alpha value is -1.31. The lowest BCUT2D eigenvalue weighted by Crippen LogP contribution is -2.50. The normalized spacial score (nSPS) is 31.1. The number of alkyl halides is 3. The molecule has 2 fully saturated rings. The number of hydrogen-bond acceptors (Lipinski definition) is 4. The van der Waals surface area contributed by atoms with Gasteiger partial charge in [0.25, 0.3) is 0 Å². The molecule has 3 unspecified atom stereocenters. The molecule has 1 saturated carbocycles. The minimum atomic E-state index is -4.71. The van der Waals surface area contributed by atoms with Crippen LogP contribution in [-0.4, -0.2) is 66.6 Å². The predicted molar refractivity (Wildman–Crippen MR) is 102 cm³/mol. The molecule has 0 spiro atoms. The standard InChI is InChI=1S/C21H31F3N2O2/c1-19(8-5-9-20(19,2)27)18(15-26-12-10-25(3)11-13-26)16-6-4-7-17(14-16)28-21(22,23)24/h4,6-7,14,18,27H,5,8-13,15H2,1-3H3. The Balaban J connectivity index is 1.91. The number of piperazine rings is 1. The zero-order valence-corrected chi connectivity index (χ0v) is 16.9. The van der Waals surface area contributed by atoms with Crippen LogP contribution in [0.5, 0.6) is 5.75 Å². The summed E-state index contributed by atoms with van der Waals surface area (Å²) in [7, 11) is 2.09. The third kappa shape index (κ3) is 4.63. The second kappa shape index (κ2) is 7.84. The lowest BCUT2D eigenvalue weighted by atomic mass is 9.65. The average molecular weight is 400 g/mol. The van der Waals surface area contributed by atoms with Crippen molar-refractivity contribution in [3.05, 3.63) is 29.8 Å². The van der Waals surface area contributed by atoms with E-state index in [0.29, 0.717) is 6.42 Å². The van der Waals surface area contributed by atoms with E-state index in [-0.39, 0.29) is 11.7 Å². The quantitative estimate of drug-likeness (QED) is 0.814. The van der Waals surface area contributed by atoms with Crippen molar-refractivity contribution < 1.29 is 23.0 Å². The molecule has 4 nitrogen and oxygen atoms in total. The third-order valence-electron chi connectivity index (χ3n) is 6.89. The van der Waals surface area contributed by atoms with Crippen LogP contribution in [0.25, 0.3) is 0 Å². The van der Waals surface area contributed by atoms with Gasteiger partial charge < -0.3 is 19.6 Å². The molecule has 1 heterocycles. The molecule has 0 radical (unpaired) electrons. The number of ether oxygens (including phenoxy) is 1. The van der Waals surface area contributed by atoms with Crippen molar-refractivity contribution in [3.8, 4) is 5.75 Å². The Kier molecular flexibility index (Phi) is 5.99. The fourth-order valence-electron chi connectivity index (χ4n) is 4.80. The summed E-state index contributed by atoms with van der Waals surface area (Å²) in [6, 6.07) is 6.30. The van der Waals surface area contributed by atoms with E-state index in [9.17, 15) is 18.3 Å². The van der Waals surface area contributed by atoms with Crippen molar-refractivity contribution in [1.29, 1.82) is 0 Å². The molecule has 0 bridgehead atoms. The number of halogens is 3. The molecule has 2 aliphatic rings. The molecule has 1 saturated heterocycles. The van der Waals surface area contributed by atoms with Gasteiger partial charge in [0.2, 0.25) is 0 Å². The number of benzene rings is 1. The van der Waals surface area contributed by atoms with Crippen LogP contribution >= 0.6 is 0 Å². The average Bonchev–Trinajstić information content (AvgIpc) is 2.86. The zero-order valence-electron chi connectivity index (χ0n) is 16.9. The van der Waals surface area contributed by atoms with Gasteiger partial charge in [0, 0.05) is 44.1 Å². The maximum atomic E-state index is 12.7. The number of nitrogens with zero attached hydrogens (tertiary/aromatic N) is 2. The molecule has 28 heavy (non-hydrogen) atoms. The van der Waals surface area contributed by atoms with Crippen molar-refractivity contribution in [1.82, 2.24) is 9.80 Å². The molecule has 1 N–H and O–H groups in total. The molecule has 0 amide bonds. The molecular formula is C21H31F3N2O2. The van der Waals surface area contributed by atoms with E-state index in [0.717, 1.165) is 51.1 Å². The first-order valence-corrected chi connectivity index (χ1v) is 9.99. The first kappa shape index (κ1) is 21.4. The van der Waals surface area contributed by atoms with Crippen molar-refractivity contribution in [2.24, 2.45) is 5.41 Å². The van der Waals surface area contributed by atoms with Gasteiger partial charge in [0.15, 0.2) is 0 Å². The number of hydrogen-bond donors (Lipinski definition) is 1. The van der Waals surface area contributed by atoms with Crippen LogP contribution in [0.1, 0.15) is 44.6 Å². The lowest BCUT2D eigenvalue weighted by Gasteiger charge is -2.46. The Morgan fingerprint density at radius 3 is 2.39 bits per heavy atom. The monoisotopic (exact) mass is 400 g/mol. The van der Waals surface area contributed by atoms with Gasteiger partial charge in [-0.2, -0.15) is 0 Å². The van der Waals surface area contributed by atoms with E-state index in [2.05, 4.69) is 28.5 Å². The molecule has 158 valence electrons. The molecule has 3 rings (SSSR count). The highest BCUT2D eigenvalue weighted by molar-refractivity contribution is 5.33. The highest BCUT2D eigenvalue weighted by Crippen LogP contribution is 2.55. The van der Waals surface area contributed by atoms with Crippen LogP contribution < -0.4 is 4.74 Å². The number of likely N-dealkylation sites (N-methyl/N-ethyl adjacent to an activating group) is 1. The van der Waals surface area contributed by atoms with Crippen LogP contribution in [0.2, 0.25) is 0 Å². The smallest absolute Gasteiger partial charge is 0.406 e. The summed E-state index contributed by atoms with van der Waals surface area (Å²) in [5, 5.41) is 11.1. The second-order valence-electron chi connectivity index (χ2n) is 8.82. The second-order valence-corrected chi connectivity index (χ2v) is 8.82. The van der Waals surface area contributed by atoms with Gasteiger partial charge in [0.1, 0.15) is 5.75 Å². The van der Waals surface area contributed by atoms with Crippen molar-refractivity contribution in [2.45, 2.75) is 51.0 Å². The summed E-state index contributed by atoms with van der Waals surface area (Å²) in [4.78, 5) is 4.64. The SMILES string of the molecule is CN1CCN(CC(c2cccc(OC(F)(F)F)c2)C2(C)CCCC2(C)O)CC1. The topological polar surface area (TPSA) is 35.9 Å². The summed E-state index contributed by atoms with van der Waals surface area (Å²) < 4.78 is 42.3. The molecule has 0 aromatic heterocycles. The largest absolute Gasteiger partial charge is 0.573 e. The first-order chi connectivity index (χ1) is 13.0. The van der Waals surface area contributed by atoms with Crippen molar-refractivity contribution in [3.63, 3.8) is 0 Å². The lowest BCUT2D eigenvalue weighted by molar-refractivity contribution is -0.274. The zero-order chi connectivity index (χ0) is 20.6. The van der Waals surface area contributed by atoms with Crippen LogP contribution in [0.4, 0.5) is 13.2 Å². The van der Waals surface area contributed by atoms with Crippen LogP contribution in [0.3, 0.4) is 0 Å².